The van der Waals surface area contributed by atoms with Crippen LogP contribution in [0.5, 0.6) is 11.5 Å². The minimum atomic E-state index is -0.641. The Bertz CT molecular complexity index is 903. The molecule has 5 nitrogen and oxygen atoms in total. The summed E-state index contributed by atoms with van der Waals surface area (Å²) in [6.07, 6.45) is 1.78. The van der Waals surface area contributed by atoms with Crippen molar-refractivity contribution in [3.8, 4) is 11.5 Å². The fourth-order valence-corrected chi connectivity index (χ4v) is 3.17. The van der Waals surface area contributed by atoms with E-state index in [0.29, 0.717) is 18.0 Å². The first-order chi connectivity index (χ1) is 12.2. The quantitative estimate of drug-likeness (QED) is 0.770. The monoisotopic (exact) mass is 336 g/mol. The molecule has 2 aromatic carbocycles. The molecule has 2 atom stereocenters. The molecule has 3 aromatic rings. The zero-order valence-electron chi connectivity index (χ0n) is 14.0. The first-order valence-corrected chi connectivity index (χ1v) is 8.47. The Balaban J connectivity index is 1.38. The summed E-state index contributed by atoms with van der Waals surface area (Å²) in [7, 11) is 0. The van der Waals surface area contributed by atoms with Crippen LogP contribution in [0, 0.1) is 0 Å². The van der Waals surface area contributed by atoms with E-state index in [1.807, 2.05) is 55.6 Å². The van der Waals surface area contributed by atoms with Crippen molar-refractivity contribution < 1.29 is 14.3 Å². The summed E-state index contributed by atoms with van der Waals surface area (Å²) in [4.78, 5) is 15.7. The average molecular weight is 336 g/mol. The largest absolute Gasteiger partial charge is 0.482 e. The van der Waals surface area contributed by atoms with Gasteiger partial charge >= 0.3 is 0 Å². The number of fused-ring (bicyclic) bond motifs is 2. The highest BCUT2D eigenvalue weighted by molar-refractivity contribution is 5.84. The number of amides is 1. The Hall–Kier alpha value is -2.95. The van der Waals surface area contributed by atoms with Crippen molar-refractivity contribution in [3.05, 3.63) is 60.3 Å². The van der Waals surface area contributed by atoms with Crippen molar-refractivity contribution in [2.45, 2.75) is 25.6 Å². The molecule has 0 bridgehead atoms. The number of aromatic amines is 1. The van der Waals surface area contributed by atoms with Crippen LogP contribution in [0.25, 0.3) is 10.9 Å². The molecule has 1 aliphatic rings. The number of aromatic nitrogens is 1. The number of benzene rings is 2. The van der Waals surface area contributed by atoms with Crippen LogP contribution in [-0.2, 0) is 11.2 Å². The van der Waals surface area contributed by atoms with Gasteiger partial charge in [0.05, 0.1) is 0 Å². The van der Waals surface area contributed by atoms with Crippen LogP contribution < -0.4 is 14.8 Å². The minimum Gasteiger partial charge on any atom is -0.482 e. The van der Waals surface area contributed by atoms with E-state index in [0.717, 1.165) is 11.9 Å². The standard InChI is InChI=1S/C20H20N2O3/c1-13-19(25-18-9-5-4-8-17(18)24-13)20(23)21-11-10-14-12-22-16-7-3-2-6-15(14)16/h2-9,12-13,19,22H,10-11H2,1H3,(H,21,23)/t13-,19-/m0/s1. The molecule has 128 valence electrons. The second-order valence-electron chi connectivity index (χ2n) is 6.21. The molecule has 0 radical (unpaired) electrons. The molecule has 1 amide bonds. The third-order valence-electron chi connectivity index (χ3n) is 4.47. The maximum atomic E-state index is 12.5. The van der Waals surface area contributed by atoms with Crippen LogP contribution in [0.15, 0.2) is 54.7 Å². The van der Waals surface area contributed by atoms with Crippen LogP contribution in [0.1, 0.15) is 12.5 Å². The zero-order valence-corrected chi connectivity index (χ0v) is 14.0. The van der Waals surface area contributed by atoms with Crippen LogP contribution in [0.3, 0.4) is 0 Å². The number of nitrogens with one attached hydrogen (secondary N) is 2. The predicted molar refractivity (Wildman–Crippen MR) is 96.0 cm³/mol. The highest BCUT2D eigenvalue weighted by Crippen LogP contribution is 2.33. The molecule has 25 heavy (non-hydrogen) atoms. The van der Waals surface area contributed by atoms with E-state index in [1.54, 1.807) is 0 Å². The number of hydrogen-bond acceptors (Lipinski definition) is 3. The average Bonchev–Trinajstić information content (AvgIpc) is 3.04. The normalized spacial score (nSPS) is 18.9. The van der Waals surface area contributed by atoms with Gasteiger partial charge < -0.3 is 19.8 Å². The summed E-state index contributed by atoms with van der Waals surface area (Å²) in [5, 5.41) is 4.15. The summed E-state index contributed by atoms with van der Waals surface area (Å²) in [5.74, 6) is 1.14. The van der Waals surface area contributed by atoms with Crippen molar-refractivity contribution >= 4 is 16.8 Å². The Morgan fingerprint density at radius 2 is 1.80 bits per heavy atom. The van der Waals surface area contributed by atoms with Crippen LogP contribution in [0.2, 0.25) is 0 Å². The van der Waals surface area contributed by atoms with Gasteiger partial charge in [0.25, 0.3) is 5.91 Å². The minimum absolute atomic E-state index is 0.151. The third kappa shape index (κ3) is 3.05. The van der Waals surface area contributed by atoms with Gasteiger partial charge in [0.2, 0.25) is 6.10 Å². The van der Waals surface area contributed by atoms with E-state index in [2.05, 4.69) is 16.4 Å². The van der Waals surface area contributed by atoms with Gasteiger partial charge in [0, 0.05) is 23.6 Å². The highest BCUT2D eigenvalue weighted by Gasteiger charge is 2.33. The fraction of sp³-hybridized carbons (Fsp3) is 0.250. The lowest BCUT2D eigenvalue weighted by atomic mass is 10.1. The smallest absolute Gasteiger partial charge is 0.265 e. The van der Waals surface area contributed by atoms with Gasteiger partial charge in [-0.1, -0.05) is 30.3 Å². The van der Waals surface area contributed by atoms with Gasteiger partial charge in [-0.2, -0.15) is 0 Å². The Morgan fingerprint density at radius 3 is 2.64 bits per heavy atom. The van der Waals surface area contributed by atoms with Gasteiger partial charge in [-0.25, -0.2) is 0 Å². The molecule has 0 aliphatic carbocycles. The van der Waals surface area contributed by atoms with E-state index in [4.69, 9.17) is 9.47 Å². The molecule has 0 saturated carbocycles. The Kier molecular flexibility index (Phi) is 4.06. The predicted octanol–water partition coefficient (Wildman–Crippen LogP) is 3.06. The van der Waals surface area contributed by atoms with Gasteiger partial charge in [-0.15, -0.1) is 0 Å². The first kappa shape index (κ1) is 15.6. The van der Waals surface area contributed by atoms with Gasteiger partial charge in [-0.3, -0.25) is 4.79 Å². The van der Waals surface area contributed by atoms with E-state index < -0.39 is 6.10 Å². The number of H-pyrrole nitrogens is 1. The summed E-state index contributed by atoms with van der Waals surface area (Å²) < 4.78 is 11.6. The van der Waals surface area contributed by atoms with E-state index in [1.165, 1.54) is 10.9 Å². The van der Waals surface area contributed by atoms with Crippen molar-refractivity contribution in [2.75, 3.05) is 6.54 Å². The number of hydrogen-bond donors (Lipinski definition) is 2. The van der Waals surface area contributed by atoms with E-state index in [9.17, 15) is 4.79 Å². The molecule has 2 N–H and O–H groups in total. The van der Waals surface area contributed by atoms with Crippen LogP contribution >= 0.6 is 0 Å². The molecule has 0 spiro atoms. The van der Waals surface area contributed by atoms with E-state index in [-0.39, 0.29) is 12.0 Å². The maximum Gasteiger partial charge on any atom is 0.265 e. The fourth-order valence-electron chi connectivity index (χ4n) is 3.17. The summed E-state index contributed by atoms with van der Waals surface area (Å²) >= 11 is 0. The first-order valence-electron chi connectivity index (χ1n) is 8.47. The molecule has 4 rings (SSSR count). The van der Waals surface area contributed by atoms with Crippen LogP contribution in [-0.4, -0.2) is 29.6 Å². The molecule has 1 aromatic heterocycles. The number of carbonyl (C=O) groups is 1. The Labute approximate surface area is 146 Å². The molecule has 5 heteroatoms. The lowest BCUT2D eigenvalue weighted by Gasteiger charge is -2.31. The SMILES string of the molecule is C[C@@H]1Oc2ccccc2O[C@@H]1C(=O)NCCc1c[nH]c2ccccc12. The molecule has 2 heterocycles. The summed E-state index contributed by atoms with van der Waals surface area (Å²) in [6.45, 7) is 2.40. The van der Waals surface area contributed by atoms with Crippen LogP contribution in [0.4, 0.5) is 0 Å². The highest BCUT2D eigenvalue weighted by atomic mass is 16.6. The molecule has 0 fully saturated rings. The van der Waals surface area contributed by atoms with Gasteiger partial charge in [-0.05, 0) is 37.1 Å². The number of carbonyl (C=O) groups excluding carboxylic acids is 1. The zero-order chi connectivity index (χ0) is 17.2. The number of rotatable bonds is 4. The second kappa shape index (κ2) is 6.51. The van der Waals surface area contributed by atoms with Crippen molar-refractivity contribution in [2.24, 2.45) is 0 Å². The van der Waals surface area contributed by atoms with Gasteiger partial charge in [0.1, 0.15) is 6.10 Å². The number of para-hydroxylation sites is 3. The Morgan fingerprint density at radius 1 is 1.08 bits per heavy atom. The lowest BCUT2D eigenvalue weighted by molar-refractivity contribution is -0.133. The van der Waals surface area contributed by atoms with Gasteiger partial charge in [0.15, 0.2) is 11.5 Å². The second-order valence-corrected chi connectivity index (χ2v) is 6.21. The molecular formula is C20H20N2O3. The van der Waals surface area contributed by atoms with E-state index >= 15 is 0 Å². The molecule has 0 unspecified atom stereocenters. The van der Waals surface area contributed by atoms with Crippen molar-refractivity contribution in [1.82, 2.24) is 10.3 Å². The summed E-state index contributed by atoms with van der Waals surface area (Å²) in [6, 6.07) is 15.6. The molecule has 1 aliphatic heterocycles. The molecule has 0 saturated heterocycles. The van der Waals surface area contributed by atoms with Crippen molar-refractivity contribution in [1.29, 1.82) is 0 Å². The van der Waals surface area contributed by atoms with Crippen molar-refractivity contribution in [3.63, 3.8) is 0 Å². The maximum absolute atomic E-state index is 12.5. The topological polar surface area (TPSA) is 63.4 Å². The molecular weight excluding hydrogens is 316 g/mol. The summed E-state index contributed by atoms with van der Waals surface area (Å²) in [5.41, 5.74) is 2.30. The number of ether oxygens (including phenoxy) is 2. The third-order valence-corrected chi connectivity index (χ3v) is 4.47. The lowest BCUT2D eigenvalue weighted by Crippen LogP contribution is -2.49.